The average molecular weight is 268 g/mol. The molecule has 80 valence electrons. The smallest absolute Gasteiger partial charge is 0.0912 e. The molecule has 0 amide bonds. The van der Waals surface area contributed by atoms with E-state index in [2.05, 4.69) is 33.5 Å². The van der Waals surface area contributed by atoms with Gasteiger partial charge in [0.15, 0.2) is 0 Å². The van der Waals surface area contributed by atoms with Crippen LogP contribution in [0.4, 0.5) is 0 Å². The van der Waals surface area contributed by atoms with Gasteiger partial charge in [-0.25, -0.2) is 0 Å². The molecule has 2 nitrogen and oxygen atoms in total. The fourth-order valence-electron chi connectivity index (χ4n) is 1.97. The van der Waals surface area contributed by atoms with E-state index in [4.69, 9.17) is 0 Å². The molecule has 0 saturated heterocycles. The second kappa shape index (κ2) is 3.99. The maximum absolute atomic E-state index is 9.69. The van der Waals surface area contributed by atoms with Crippen LogP contribution >= 0.6 is 15.9 Å². The molecule has 1 aromatic heterocycles. The van der Waals surface area contributed by atoms with Gasteiger partial charge in [-0.15, -0.1) is 0 Å². The Morgan fingerprint density at radius 2 is 2.20 bits per heavy atom. The van der Waals surface area contributed by atoms with E-state index in [0.29, 0.717) is 0 Å². The summed E-state index contributed by atoms with van der Waals surface area (Å²) in [4.78, 5) is 0. The number of hydrogen-bond acceptors (Lipinski definition) is 1. The highest BCUT2D eigenvalue weighted by Crippen LogP contribution is 2.29. The molecule has 2 aromatic rings. The van der Waals surface area contributed by atoms with Gasteiger partial charge >= 0.3 is 0 Å². The molecule has 0 radical (unpaired) electrons. The molecule has 0 aliphatic heterocycles. The quantitative estimate of drug-likeness (QED) is 0.886. The Kier molecular flexibility index (Phi) is 2.85. The standard InChI is InChI=1S/C12H14BrNO/c1-3-14-11-6-4-5-10(13)9(11)7-12(14)8(2)15/h4-8,15H,3H2,1-2H3. The van der Waals surface area contributed by atoms with Gasteiger partial charge in [-0.05, 0) is 32.0 Å². The Labute approximate surface area is 97.7 Å². The second-order valence-electron chi connectivity index (χ2n) is 3.66. The van der Waals surface area contributed by atoms with Gasteiger partial charge in [0.1, 0.15) is 0 Å². The van der Waals surface area contributed by atoms with Crippen molar-refractivity contribution in [2.75, 3.05) is 0 Å². The van der Waals surface area contributed by atoms with Gasteiger partial charge in [-0.3, -0.25) is 0 Å². The van der Waals surface area contributed by atoms with Crippen molar-refractivity contribution in [1.29, 1.82) is 0 Å². The highest BCUT2D eigenvalue weighted by atomic mass is 79.9. The Bertz CT molecular complexity index is 488. The van der Waals surface area contributed by atoms with E-state index < -0.39 is 6.10 Å². The number of fused-ring (bicyclic) bond motifs is 1. The minimum Gasteiger partial charge on any atom is -0.387 e. The first-order valence-corrected chi connectivity index (χ1v) is 5.90. The van der Waals surface area contributed by atoms with Gasteiger partial charge < -0.3 is 9.67 Å². The molecule has 0 fully saturated rings. The maximum atomic E-state index is 9.69. The van der Waals surface area contributed by atoms with Crippen molar-refractivity contribution in [2.45, 2.75) is 26.5 Å². The van der Waals surface area contributed by atoms with E-state index in [-0.39, 0.29) is 0 Å². The van der Waals surface area contributed by atoms with Crippen LogP contribution in [0.15, 0.2) is 28.7 Å². The van der Waals surface area contributed by atoms with Crippen LogP contribution in [-0.4, -0.2) is 9.67 Å². The van der Waals surface area contributed by atoms with E-state index in [1.165, 1.54) is 5.52 Å². The lowest BCUT2D eigenvalue weighted by molar-refractivity contribution is 0.190. The molecule has 15 heavy (non-hydrogen) atoms. The fourth-order valence-corrected chi connectivity index (χ4v) is 2.44. The largest absolute Gasteiger partial charge is 0.387 e. The summed E-state index contributed by atoms with van der Waals surface area (Å²) in [6, 6.07) is 8.17. The second-order valence-corrected chi connectivity index (χ2v) is 4.52. The Hall–Kier alpha value is -0.800. The van der Waals surface area contributed by atoms with Gasteiger partial charge in [0, 0.05) is 27.6 Å². The summed E-state index contributed by atoms with van der Waals surface area (Å²) in [5.41, 5.74) is 2.14. The molecule has 0 spiro atoms. The molecule has 1 atom stereocenters. The molecule has 0 aliphatic carbocycles. The number of aryl methyl sites for hydroxylation is 1. The number of aliphatic hydroxyl groups excluding tert-OH is 1. The SMILES string of the molecule is CCn1c(C(C)O)cc2c(Br)cccc21. The molecule has 0 aliphatic rings. The predicted octanol–water partition coefficient (Wildman–Crippen LogP) is 3.48. The van der Waals surface area contributed by atoms with Crippen molar-refractivity contribution in [3.05, 3.63) is 34.4 Å². The van der Waals surface area contributed by atoms with E-state index in [9.17, 15) is 5.11 Å². The van der Waals surface area contributed by atoms with Crippen molar-refractivity contribution >= 4 is 26.8 Å². The maximum Gasteiger partial charge on any atom is 0.0912 e. The third-order valence-electron chi connectivity index (χ3n) is 2.67. The summed E-state index contributed by atoms with van der Waals surface area (Å²) in [6.07, 6.45) is -0.427. The van der Waals surface area contributed by atoms with Gasteiger partial charge in [0.2, 0.25) is 0 Å². The molecular weight excluding hydrogens is 254 g/mol. The zero-order valence-corrected chi connectivity index (χ0v) is 10.5. The number of halogens is 1. The number of rotatable bonds is 2. The molecule has 1 N–H and O–H groups in total. The van der Waals surface area contributed by atoms with Gasteiger partial charge in [0.25, 0.3) is 0 Å². The molecule has 1 unspecified atom stereocenters. The molecule has 3 heteroatoms. The first-order valence-electron chi connectivity index (χ1n) is 5.11. The van der Waals surface area contributed by atoms with E-state index >= 15 is 0 Å². The normalized spacial score (nSPS) is 13.3. The van der Waals surface area contributed by atoms with Crippen LogP contribution in [0, 0.1) is 0 Å². The molecule has 1 aromatic carbocycles. The predicted molar refractivity (Wildman–Crippen MR) is 65.9 cm³/mol. The van der Waals surface area contributed by atoms with Gasteiger partial charge in [-0.1, -0.05) is 22.0 Å². The van der Waals surface area contributed by atoms with Crippen molar-refractivity contribution in [3.8, 4) is 0 Å². The van der Waals surface area contributed by atoms with Gasteiger partial charge in [0.05, 0.1) is 6.10 Å². The number of hydrogen-bond donors (Lipinski definition) is 1. The van der Waals surface area contributed by atoms with Crippen LogP contribution in [0.1, 0.15) is 25.6 Å². The molecule has 0 saturated carbocycles. The summed E-state index contributed by atoms with van der Waals surface area (Å²) in [5, 5.41) is 10.9. The summed E-state index contributed by atoms with van der Waals surface area (Å²) in [7, 11) is 0. The van der Waals surface area contributed by atoms with Crippen LogP contribution in [0.3, 0.4) is 0 Å². The monoisotopic (exact) mass is 267 g/mol. The number of nitrogens with zero attached hydrogens (tertiary/aromatic N) is 1. The highest BCUT2D eigenvalue weighted by molar-refractivity contribution is 9.10. The molecule has 2 rings (SSSR count). The van der Waals surface area contributed by atoms with Crippen LogP contribution in [0.5, 0.6) is 0 Å². The van der Waals surface area contributed by atoms with Crippen LogP contribution in [0.25, 0.3) is 10.9 Å². The van der Waals surface area contributed by atoms with Gasteiger partial charge in [-0.2, -0.15) is 0 Å². The number of aliphatic hydroxyl groups is 1. The van der Waals surface area contributed by atoms with E-state index in [1.807, 2.05) is 18.2 Å². The van der Waals surface area contributed by atoms with Crippen molar-refractivity contribution in [2.24, 2.45) is 0 Å². The average Bonchev–Trinajstić information content (AvgIpc) is 2.57. The Morgan fingerprint density at radius 1 is 1.47 bits per heavy atom. The third kappa shape index (κ3) is 1.70. The van der Waals surface area contributed by atoms with Crippen LogP contribution in [0.2, 0.25) is 0 Å². The Balaban J connectivity index is 2.78. The first kappa shape index (κ1) is 10.7. The van der Waals surface area contributed by atoms with Crippen LogP contribution in [-0.2, 0) is 6.54 Å². The lowest BCUT2D eigenvalue weighted by Crippen LogP contribution is -2.03. The van der Waals surface area contributed by atoms with Crippen LogP contribution < -0.4 is 0 Å². The summed E-state index contributed by atoms with van der Waals surface area (Å²) >= 11 is 3.53. The third-order valence-corrected chi connectivity index (χ3v) is 3.36. The highest BCUT2D eigenvalue weighted by Gasteiger charge is 2.12. The molecule has 1 heterocycles. The molecule has 0 bridgehead atoms. The van der Waals surface area contributed by atoms with Crippen molar-refractivity contribution in [3.63, 3.8) is 0 Å². The lowest BCUT2D eigenvalue weighted by atomic mass is 10.2. The summed E-state index contributed by atoms with van der Waals surface area (Å²) < 4.78 is 3.22. The first-order chi connectivity index (χ1) is 7.15. The minimum absolute atomic E-state index is 0.427. The lowest BCUT2D eigenvalue weighted by Gasteiger charge is -2.09. The van der Waals surface area contributed by atoms with E-state index in [1.54, 1.807) is 6.92 Å². The number of benzene rings is 1. The van der Waals surface area contributed by atoms with Crippen molar-refractivity contribution < 1.29 is 5.11 Å². The summed E-state index contributed by atoms with van der Waals surface area (Å²) in [6.45, 7) is 4.76. The zero-order chi connectivity index (χ0) is 11.0. The summed E-state index contributed by atoms with van der Waals surface area (Å²) in [5.74, 6) is 0. The number of aromatic nitrogens is 1. The zero-order valence-electron chi connectivity index (χ0n) is 8.87. The van der Waals surface area contributed by atoms with Crippen molar-refractivity contribution in [1.82, 2.24) is 4.57 Å². The fraction of sp³-hybridized carbons (Fsp3) is 0.333. The minimum atomic E-state index is -0.427. The Morgan fingerprint density at radius 3 is 2.80 bits per heavy atom. The topological polar surface area (TPSA) is 25.2 Å². The molecular formula is C12H14BrNO. The van der Waals surface area contributed by atoms with E-state index in [0.717, 1.165) is 22.1 Å².